The van der Waals surface area contributed by atoms with E-state index in [9.17, 15) is 22.2 Å². The van der Waals surface area contributed by atoms with Gasteiger partial charge in [0.1, 0.15) is 0 Å². The number of carbonyl (C=O) groups excluding carboxylic acids is 1. The highest BCUT2D eigenvalue weighted by Crippen LogP contribution is 2.34. The number of rotatable bonds is 5. The van der Waals surface area contributed by atoms with Gasteiger partial charge in [-0.1, -0.05) is 12.1 Å². The maximum Gasteiger partial charge on any atom is 0.418 e. The van der Waals surface area contributed by atoms with Crippen molar-refractivity contribution >= 4 is 22.5 Å². The number of nitrogens with one attached hydrogen (secondary N) is 2. The number of hydrogen-bond donors (Lipinski definition) is 2. The minimum absolute atomic E-state index is 0.250. The van der Waals surface area contributed by atoms with Gasteiger partial charge in [-0.3, -0.25) is 4.21 Å². The second-order valence-electron chi connectivity index (χ2n) is 4.06. The minimum atomic E-state index is -4.52. The third-order valence-electron chi connectivity index (χ3n) is 2.37. The van der Waals surface area contributed by atoms with Crippen molar-refractivity contribution in [3.63, 3.8) is 0 Å². The number of carbonyl (C=O) groups is 1. The third-order valence-corrected chi connectivity index (χ3v) is 3.24. The zero-order valence-corrected chi connectivity index (χ0v) is 11.6. The molecule has 0 aliphatic rings. The average molecular weight is 308 g/mol. The van der Waals surface area contributed by atoms with Crippen molar-refractivity contribution in [3.8, 4) is 0 Å². The molecule has 0 aromatic heterocycles. The van der Waals surface area contributed by atoms with Crippen molar-refractivity contribution in [1.82, 2.24) is 5.32 Å². The number of alkyl halides is 3. The normalized spacial score (nSPS) is 12.8. The van der Waals surface area contributed by atoms with E-state index in [1.165, 1.54) is 18.2 Å². The summed E-state index contributed by atoms with van der Waals surface area (Å²) in [6, 6.07) is 4.02. The Morgan fingerprint density at radius 1 is 1.30 bits per heavy atom. The maximum absolute atomic E-state index is 12.7. The third kappa shape index (κ3) is 5.60. The zero-order chi connectivity index (χ0) is 15.2. The zero-order valence-electron chi connectivity index (χ0n) is 10.8. The van der Waals surface area contributed by atoms with E-state index in [4.69, 9.17) is 0 Å². The Bertz CT molecular complexity index is 492. The largest absolute Gasteiger partial charge is 0.418 e. The highest BCUT2D eigenvalue weighted by molar-refractivity contribution is 7.84. The molecule has 1 unspecified atom stereocenters. The maximum atomic E-state index is 12.7. The number of amides is 2. The fraction of sp³-hybridized carbons (Fsp3) is 0.417. The summed E-state index contributed by atoms with van der Waals surface area (Å²) >= 11 is 0. The molecular weight excluding hydrogens is 293 g/mol. The van der Waals surface area contributed by atoms with E-state index < -0.39 is 28.6 Å². The molecule has 2 N–H and O–H groups in total. The number of anilines is 1. The van der Waals surface area contributed by atoms with Crippen LogP contribution in [-0.4, -0.2) is 28.8 Å². The van der Waals surface area contributed by atoms with E-state index in [-0.39, 0.29) is 12.2 Å². The Morgan fingerprint density at radius 3 is 2.55 bits per heavy atom. The van der Waals surface area contributed by atoms with Crippen LogP contribution >= 0.6 is 0 Å². The molecule has 20 heavy (non-hydrogen) atoms. The van der Waals surface area contributed by atoms with Gasteiger partial charge in [0.15, 0.2) is 0 Å². The molecule has 0 spiro atoms. The van der Waals surface area contributed by atoms with Crippen molar-refractivity contribution in [2.24, 2.45) is 0 Å². The van der Waals surface area contributed by atoms with E-state index in [2.05, 4.69) is 10.6 Å². The van der Waals surface area contributed by atoms with E-state index in [1.807, 2.05) is 0 Å². The lowest BCUT2D eigenvalue weighted by molar-refractivity contribution is -0.136. The van der Waals surface area contributed by atoms with Crippen LogP contribution < -0.4 is 10.6 Å². The average Bonchev–Trinajstić information content (AvgIpc) is 2.34. The summed E-state index contributed by atoms with van der Waals surface area (Å²) in [5.41, 5.74) is -1.19. The molecule has 0 saturated heterocycles. The summed E-state index contributed by atoms with van der Waals surface area (Å²) in [5.74, 6) is 0.430. The Kier molecular flexibility index (Phi) is 6.00. The van der Waals surface area contributed by atoms with Crippen LogP contribution in [0.25, 0.3) is 0 Å². The van der Waals surface area contributed by atoms with Gasteiger partial charge in [-0.05, 0) is 18.6 Å². The van der Waals surface area contributed by atoms with Gasteiger partial charge >= 0.3 is 12.2 Å². The van der Waals surface area contributed by atoms with Crippen LogP contribution in [0.4, 0.5) is 23.7 Å². The van der Waals surface area contributed by atoms with Gasteiger partial charge in [0, 0.05) is 29.4 Å². The predicted octanol–water partition coefficient (Wildman–Crippen LogP) is 2.60. The fourth-order valence-electron chi connectivity index (χ4n) is 1.48. The Morgan fingerprint density at radius 2 is 1.95 bits per heavy atom. The van der Waals surface area contributed by atoms with Crippen LogP contribution in [0.15, 0.2) is 24.3 Å². The molecule has 0 fully saturated rings. The molecule has 8 heteroatoms. The molecule has 1 atom stereocenters. The smallest absolute Gasteiger partial charge is 0.338 e. The molecule has 0 heterocycles. The highest BCUT2D eigenvalue weighted by Gasteiger charge is 2.33. The van der Waals surface area contributed by atoms with Gasteiger partial charge in [-0.15, -0.1) is 0 Å². The number of benzene rings is 1. The summed E-state index contributed by atoms with van der Waals surface area (Å²) < 4.78 is 48.9. The van der Waals surface area contributed by atoms with E-state index >= 15 is 0 Å². The van der Waals surface area contributed by atoms with E-state index in [1.54, 1.807) is 6.26 Å². The van der Waals surface area contributed by atoms with Crippen molar-refractivity contribution < 1.29 is 22.2 Å². The fourth-order valence-corrected chi connectivity index (χ4v) is 2.03. The summed E-state index contributed by atoms with van der Waals surface area (Å²) in [6.45, 7) is 0.250. The van der Waals surface area contributed by atoms with Gasteiger partial charge < -0.3 is 10.6 Å². The Hall–Kier alpha value is -1.57. The minimum Gasteiger partial charge on any atom is -0.338 e. The van der Waals surface area contributed by atoms with Crippen LogP contribution in [0.1, 0.15) is 12.0 Å². The summed E-state index contributed by atoms with van der Waals surface area (Å²) in [6.07, 6.45) is -2.49. The molecule has 112 valence electrons. The SMILES string of the molecule is CS(=O)CCCNC(=O)Nc1ccccc1C(F)(F)F. The standard InChI is InChI=1S/C12H15F3N2O2S/c1-20(19)8-4-7-16-11(18)17-10-6-3-2-5-9(10)12(13,14)15/h2-3,5-6H,4,7-8H2,1H3,(H2,16,17,18). The molecule has 4 nitrogen and oxygen atoms in total. The van der Waals surface area contributed by atoms with Crippen LogP contribution in [0.5, 0.6) is 0 Å². The monoisotopic (exact) mass is 308 g/mol. The molecule has 2 amide bonds. The van der Waals surface area contributed by atoms with Crippen molar-refractivity contribution in [1.29, 1.82) is 0 Å². The summed E-state index contributed by atoms with van der Waals surface area (Å²) in [5, 5.41) is 4.57. The van der Waals surface area contributed by atoms with Crippen molar-refractivity contribution in [2.45, 2.75) is 12.6 Å². The molecule has 0 radical (unpaired) electrons. The second-order valence-corrected chi connectivity index (χ2v) is 5.61. The molecular formula is C12H15F3N2O2S. The highest BCUT2D eigenvalue weighted by atomic mass is 32.2. The first kappa shape index (κ1) is 16.5. The topological polar surface area (TPSA) is 58.2 Å². The second kappa shape index (κ2) is 7.28. The molecule has 1 aromatic carbocycles. The molecule has 0 aliphatic heterocycles. The van der Waals surface area contributed by atoms with Gasteiger partial charge in [0.25, 0.3) is 0 Å². The first-order valence-electron chi connectivity index (χ1n) is 5.82. The Balaban J connectivity index is 2.56. The quantitative estimate of drug-likeness (QED) is 0.822. The number of para-hydroxylation sites is 1. The molecule has 0 aliphatic carbocycles. The lowest BCUT2D eigenvalue weighted by Crippen LogP contribution is -2.31. The number of halogens is 3. The van der Waals surface area contributed by atoms with Gasteiger partial charge in [0.2, 0.25) is 0 Å². The number of hydrogen-bond acceptors (Lipinski definition) is 2. The lowest BCUT2D eigenvalue weighted by atomic mass is 10.1. The lowest BCUT2D eigenvalue weighted by Gasteiger charge is -2.13. The van der Waals surface area contributed by atoms with E-state index in [0.717, 1.165) is 6.07 Å². The summed E-state index contributed by atoms with van der Waals surface area (Å²) in [7, 11) is -0.954. The Labute approximate surface area is 117 Å². The first-order chi connectivity index (χ1) is 9.30. The number of urea groups is 1. The molecule has 1 rings (SSSR count). The molecule has 1 aromatic rings. The predicted molar refractivity (Wildman–Crippen MR) is 72.0 cm³/mol. The van der Waals surface area contributed by atoms with Crippen LogP contribution in [0, 0.1) is 0 Å². The van der Waals surface area contributed by atoms with Gasteiger partial charge in [0.05, 0.1) is 11.3 Å². The van der Waals surface area contributed by atoms with Crippen LogP contribution in [0.3, 0.4) is 0 Å². The van der Waals surface area contributed by atoms with Gasteiger partial charge in [-0.2, -0.15) is 13.2 Å². The van der Waals surface area contributed by atoms with Gasteiger partial charge in [-0.25, -0.2) is 4.79 Å². The first-order valence-corrected chi connectivity index (χ1v) is 7.54. The van der Waals surface area contributed by atoms with Crippen molar-refractivity contribution in [3.05, 3.63) is 29.8 Å². The van der Waals surface area contributed by atoms with Crippen LogP contribution in [0.2, 0.25) is 0 Å². The van der Waals surface area contributed by atoms with Crippen LogP contribution in [-0.2, 0) is 17.0 Å². The van der Waals surface area contributed by atoms with E-state index in [0.29, 0.717) is 12.2 Å². The molecule has 0 saturated carbocycles. The summed E-state index contributed by atoms with van der Waals surface area (Å²) in [4.78, 5) is 11.5. The molecule has 0 bridgehead atoms. The van der Waals surface area contributed by atoms with Crippen molar-refractivity contribution in [2.75, 3.05) is 23.9 Å².